The van der Waals surface area contributed by atoms with E-state index >= 15 is 0 Å². The minimum absolute atomic E-state index is 0.485. The normalized spacial score (nSPS) is 36.5. The van der Waals surface area contributed by atoms with E-state index in [2.05, 4.69) is 4.90 Å². The summed E-state index contributed by atoms with van der Waals surface area (Å²) >= 11 is 0. The number of nitrogens with two attached hydrogens (primary N) is 1. The predicted octanol–water partition coefficient (Wildman–Crippen LogP) is 3.16. The molecule has 2 N–H and O–H groups in total. The molecule has 0 amide bonds. The Bertz CT molecular complexity index is 268. The largest absolute Gasteiger partial charge is 0.330 e. The molecule has 1 heterocycles. The lowest BCUT2D eigenvalue weighted by atomic mass is 9.76. The van der Waals surface area contributed by atoms with Crippen LogP contribution in [0.25, 0.3) is 0 Å². The Morgan fingerprint density at radius 1 is 0.944 bits per heavy atom. The third-order valence-electron chi connectivity index (χ3n) is 5.99. The smallest absolute Gasteiger partial charge is 0.0124 e. The lowest BCUT2D eigenvalue weighted by Gasteiger charge is -2.47. The third kappa shape index (κ3) is 2.46. The Hall–Kier alpha value is -0.0800. The quantitative estimate of drug-likeness (QED) is 0.833. The number of fused-ring (bicyclic) bond motifs is 1. The molecule has 2 nitrogen and oxygen atoms in total. The van der Waals surface area contributed by atoms with E-state index in [1.165, 1.54) is 77.3 Å². The average Bonchev–Trinajstić information content (AvgIpc) is 2.88. The van der Waals surface area contributed by atoms with Gasteiger partial charge in [-0.15, -0.1) is 0 Å². The van der Waals surface area contributed by atoms with Crippen LogP contribution in [0.4, 0.5) is 0 Å². The van der Waals surface area contributed by atoms with E-state index in [0.717, 1.165) is 18.5 Å². The Balaban J connectivity index is 1.66. The molecule has 0 spiro atoms. The molecule has 2 atom stereocenters. The minimum atomic E-state index is 0.485. The molecule has 1 saturated heterocycles. The summed E-state index contributed by atoms with van der Waals surface area (Å²) in [6.07, 6.45) is 14.4. The van der Waals surface area contributed by atoms with Gasteiger partial charge in [0.1, 0.15) is 0 Å². The van der Waals surface area contributed by atoms with Gasteiger partial charge >= 0.3 is 0 Å². The average molecular weight is 250 g/mol. The van der Waals surface area contributed by atoms with Crippen LogP contribution >= 0.6 is 0 Å². The van der Waals surface area contributed by atoms with Crippen molar-refractivity contribution in [2.45, 2.75) is 70.3 Å². The molecule has 0 aromatic heterocycles. The van der Waals surface area contributed by atoms with Gasteiger partial charge in [-0.1, -0.05) is 25.7 Å². The maximum Gasteiger partial charge on any atom is 0.0124 e. The molecule has 2 heteroatoms. The summed E-state index contributed by atoms with van der Waals surface area (Å²) in [5.41, 5.74) is 6.61. The molecule has 0 bridgehead atoms. The number of likely N-dealkylation sites (tertiary alicyclic amines) is 1. The van der Waals surface area contributed by atoms with Crippen molar-refractivity contribution >= 4 is 0 Å². The monoisotopic (exact) mass is 250 g/mol. The third-order valence-corrected chi connectivity index (χ3v) is 5.99. The molecule has 3 aliphatic rings. The predicted molar refractivity (Wildman–Crippen MR) is 76.5 cm³/mol. The number of rotatable bonds is 3. The summed E-state index contributed by atoms with van der Waals surface area (Å²) in [6, 6.07) is 0.913. The standard InChI is InChI=1S/C16H30N2/c17-12-16(9-3-4-10-16)13-18-11-5-7-14-6-1-2-8-15(14)18/h14-15H,1-13,17H2/t14-,15-/m1/s1. The Kier molecular flexibility index (Phi) is 3.95. The summed E-state index contributed by atoms with van der Waals surface area (Å²) in [6.45, 7) is 3.58. The molecule has 0 unspecified atom stereocenters. The van der Waals surface area contributed by atoms with Crippen LogP contribution in [0, 0.1) is 11.3 Å². The van der Waals surface area contributed by atoms with Gasteiger partial charge in [0.15, 0.2) is 0 Å². The minimum Gasteiger partial charge on any atom is -0.330 e. The molecule has 2 saturated carbocycles. The van der Waals surface area contributed by atoms with Gasteiger partial charge in [0, 0.05) is 12.6 Å². The summed E-state index contributed by atoms with van der Waals surface area (Å²) in [7, 11) is 0. The molecule has 0 aromatic carbocycles. The maximum absolute atomic E-state index is 6.13. The molecular formula is C16H30N2. The lowest BCUT2D eigenvalue weighted by Crippen LogP contribution is -2.51. The zero-order chi connectivity index (χ0) is 12.4. The summed E-state index contributed by atoms with van der Waals surface area (Å²) in [4.78, 5) is 2.85. The SMILES string of the molecule is NCC1(CN2CCC[C@H]3CCCC[C@H]32)CCCC1. The highest BCUT2D eigenvalue weighted by molar-refractivity contribution is 4.94. The molecular weight excluding hydrogens is 220 g/mol. The zero-order valence-corrected chi connectivity index (χ0v) is 11.9. The van der Waals surface area contributed by atoms with E-state index in [1.54, 1.807) is 0 Å². The molecule has 2 aliphatic carbocycles. The van der Waals surface area contributed by atoms with Crippen molar-refractivity contribution in [3.05, 3.63) is 0 Å². The summed E-state index contributed by atoms with van der Waals surface area (Å²) in [5, 5.41) is 0. The van der Waals surface area contributed by atoms with Crippen LogP contribution in [0.1, 0.15) is 64.2 Å². The summed E-state index contributed by atoms with van der Waals surface area (Å²) in [5.74, 6) is 1.02. The van der Waals surface area contributed by atoms with Gasteiger partial charge in [-0.3, -0.25) is 4.90 Å². The van der Waals surface area contributed by atoms with Crippen molar-refractivity contribution in [1.29, 1.82) is 0 Å². The van der Waals surface area contributed by atoms with Crippen LogP contribution < -0.4 is 5.73 Å². The van der Waals surface area contributed by atoms with E-state index in [1.807, 2.05) is 0 Å². The van der Waals surface area contributed by atoms with Crippen LogP contribution in [-0.4, -0.2) is 30.6 Å². The topological polar surface area (TPSA) is 29.3 Å². The number of piperidine rings is 1. The zero-order valence-electron chi connectivity index (χ0n) is 11.9. The van der Waals surface area contributed by atoms with Crippen LogP contribution in [0.2, 0.25) is 0 Å². The van der Waals surface area contributed by atoms with E-state index in [4.69, 9.17) is 5.73 Å². The Morgan fingerprint density at radius 3 is 2.44 bits per heavy atom. The second kappa shape index (κ2) is 5.50. The van der Waals surface area contributed by atoms with Crippen molar-refractivity contribution < 1.29 is 0 Å². The first kappa shape index (κ1) is 12.9. The van der Waals surface area contributed by atoms with Gasteiger partial charge in [-0.05, 0) is 62.9 Å². The number of nitrogens with zero attached hydrogens (tertiary/aromatic N) is 1. The number of hydrogen-bond acceptors (Lipinski definition) is 2. The van der Waals surface area contributed by atoms with Gasteiger partial charge < -0.3 is 5.73 Å². The molecule has 18 heavy (non-hydrogen) atoms. The molecule has 0 aromatic rings. The Morgan fingerprint density at radius 2 is 1.67 bits per heavy atom. The Labute approximate surface area is 112 Å². The second-order valence-electron chi connectivity index (χ2n) is 7.14. The van der Waals surface area contributed by atoms with Gasteiger partial charge in [-0.2, -0.15) is 0 Å². The molecule has 0 radical (unpaired) electrons. The highest BCUT2D eigenvalue weighted by atomic mass is 15.2. The fourth-order valence-corrected chi connectivity index (χ4v) is 4.91. The van der Waals surface area contributed by atoms with E-state index in [-0.39, 0.29) is 0 Å². The van der Waals surface area contributed by atoms with Crippen LogP contribution in [0.3, 0.4) is 0 Å². The van der Waals surface area contributed by atoms with Crippen molar-refractivity contribution in [3.8, 4) is 0 Å². The van der Waals surface area contributed by atoms with Crippen LogP contribution in [-0.2, 0) is 0 Å². The van der Waals surface area contributed by atoms with Gasteiger partial charge in [0.2, 0.25) is 0 Å². The number of hydrogen-bond donors (Lipinski definition) is 1. The fraction of sp³-hybridized carbons (Fsp3) is 1.00. The van der Waals surface area contributed by atoms with Gasteiger partial charge in [0.25, 0.3) is 0 Å². The van der Waals surface area contributed by atoms with Gasteiger partial charge in [0.05, 0.1) is 0 Å². The van der Waals surface area contributed by atoms with Crippen molar-refractivity contribution in [2.24, 2.45) is 17.1 Å². The first-order chi connectivity index (χ1) is 8.83. The van der Waals surface area contributed by atoms with E-state index in [0.29, 0.717) is 5.41 Å². The maximum atomic E-state index is 6.13. The van der Waals surface area contributed by atoms with E-state index < -0.39 is 0 Å². The van der Waals surface area contributed by atoms with Gasteiger partial charge in [-0.25, -0.2) is 0 Å². The summed E-state index contributed by atoms with van der Waals surface area (Å²) < 4.78 is 0. The van der Waals surface area contributed by atoms with Crippen molar-refractivity contribution in [3.63, 3.8) is 0 Å². The van der Waals surface area contributed by atoms with Crippen molar-refractivity contribution in [1.82, 2.24) is 4.90 Å². The van der Waals surface area contributed by atoms with E-state index in [9.17, 15) is 0 Å². The van der Waals surface area contributed by atoms with Crippen LogP contribution in [0.5, 0.6) is 0 Å². The molecule has 104 valence electrons. The first-order valence-electron chi connectivity index (χ1n) is 8.27. The fourth-order valence-electron chi connectivity index (χ4n) is 4.91. The van der Waals surface area contributed by atoms with Crippen LogP contribution in [0.15, 0.2) is 0 Å². The lowest BCUT2D eigenvalue weighted by molar-refractivity contribution is 0.0267. The molecule has 3 rings (SSSR count). The highest BCUT2D eigenvalue weighted by Gasteiger charge is 2.39. The highest BCUT2D eigenvalue weighted by Crippen LogP contribution is 2.41. The molecule has 1 aliphatic heterocycles. The molecule has 3 fully saturated rings. The van der Waals surface area contributed by atoms with Crippen molar-refractivity contribution in [2.75, 3.05) is 19.6 Å². The second-order valence-corrected chi connectivity index (χ2v) is 7.14. The first-order valence-corrected chi connectivity index (χ1v) is 8.27.